The Hall–Kier alpha value is 0.690. The fourth-order valence-electron chi connectivity index (χ4n) is 1.59. The van der Waals surface area contributed by atoms with Gasteiger partial charge in [-0.05, 0) is 6.92 Å². The van der Waals surface area contributed by atoms with Gasteiger partial charge in [0.1, 0.15) is 9.49 Å². The second-order valence-corrected chi connectivity index (χ2v) is 7.36. The summed E-state index contributed by atoms with van der Waals surface area (Å²) in [5.41, 5.74) is 0. The fourth-order valence-corrected chi connectivity index (χ4v) is 5.09. The summed E-state index contributed by atoms with van der Waals surface area (Å²) < 4.78 is 20.5. The molecule has 1 aliphatic carbocycles. The molecule has 0 bridgehead atoms. The molecule has 0 aromatic carbocycles. The Morgan fingerprint density at radius 3 is 2.21 bits per heavy atom. The molecule has 1 N–H and O–H groups in total. The molecule has 0 spiro atoms. The topological polar surface area (TPSA) is 55.8 Å². The zero-order valence-electron chi connectivity index (χ0n) is 8.16. The predicted octanol–water partition coefficient (Wildman–Crippen LogP) is 2.37. The van der Waals surface area contributed by atoms with Crippen molar-refractivity contribution in [3.63, 3.8) is 0 Å². The first-order chi connectivity index (χ1) is 6.28. The monoisotopic (exact) mass is 262 g/mol. The first-order valence-electron chi connectivity index (χ1n) is 4.07. The molecule has 0 aliphatic heterocycles. The van der Waals surface area contributed by atoms with E-state index in [1.807, 2.05) is 0 Å². The van der Waals surface area contributed by atoms with Gasteiger partial charge in [0, 0.05) is 13.0 Å². The summed E-state index contributed by atoms with van der Waals surface area (Å²) in [6.45, 7) is 2.70. The average Bonchev–Trinajstić information content (AvgIpc) is 2.52. The van der Waals surface area contributed by atoms with E-state index in [2.05, 4.69) is 0 Å². The van der Waals surface area contributed by atoms with E-state index in [1.165, 1.54) is 7.11 Å². The lowest BCUT2D eigenvalue weighted by atomic mass is 10.4. The van der Waals surface area contributed by atoms with Crippen LogP contribution in [0.5, 0.6) is 0 Å². The van der Waals surface area contributed by atoms with Gasteiger partial charge in [-0.15, -0.1) is 0 Å². The average molecular weight is 263 g/mol. The van der Waals surface area contributed by atoms with Crippen LogP contribution in [-0.2, 0) is 13.6 Å². The molecule has 1 rings (SSSR count). The SMILES string of the molecule is COP(=O)(OCO)C1(C)C(C)C1(Cl)Cl. The van der Waals surface area contributed by atoms with Crippen LogP contribution in [0.2, 0.25) is 0 Å². The number of aliphatic hydroxyl groups excluding tert-OH is 1. The van der Waals surface area contributed by atoms with Gasteiger partial charge in [0.25, 0.3) is 0 Å². The van der Waals surface area contributed by atoms with Crippen molar-refractivity contribution in [3.8, 4) is 0 Å². The molecular weight excluding hydrogens is 250 g/mol. The van der Waals surface area contributed by atoms with E-state index >= 15 is 0 Å². The molecule has 1 aliphatic rings. The van der Waals surface area contributed by atoms with E-state index in [0.29, 0.717) is 0 Å². The molecule has 0 radical (unpaired) electrons. The fraction of sp³-hybridized carbons (Fsp3) is 1.00. The zero-order valence-corrected chi connectivity index (χ0v) is 10.6. The van der Waals surface area contributed by atoms with Crippen molar-refractivity contribution in [2.24, 2.45) is 5.92 Å². The molecule has 1 saturated carbocycles. The van der Waals surface area contributed by atoms with Crippen molar-refractivity contribution in [3.05, 3.63) is 0 Å². The minimum atomic E-state index is -3.46. The molecule has 0 heterocycles. The molecule has 3 atom stereocenters. The normalized spacial score (nSPS) is 39.1. The third kappa shape index (κ3) is 1.36. The van der Waals surface area contributed by atoms with Crippen molar-refractivity contribution >= 4 is 30.8 Å². The van der Waals surface area contributed by atoms with Gasteiger partial charge in [-0.25, -0.2) is 0 Å². The third-order valence-electron chi connectivity index (χ3n) is 3.02. The van der Waals surface area contributed by atoms with Crippen molar-refractivity contribution in [2.75, 3.05) is 13.9 Å². The highest BCUT2D eigenvalue weighted by atomic mass is 35.5. The quantitative estimate of drug-likeness (QED) is 0.480. The second kappa shape index (κ2) is 3.62. The molecule has 1 fully saturated rings. The van der Waals surface area contributed by atoms with E-state index in [0.717, 1.165) is 0 Å². The number of halogens is 2. The van der Waals surface area contributed by atoms with Crippen LogP contribution in [0.25, 0.3) is 0 Å². The van der Waals surface area contributed by atoms with E-state index < -0.39 is 23.9 Å². The smallest absolute Gasteiger partial charge is 0.341 e. The van der Waals surface area contributed by atoms with Crippen LogP contribution in [0.1, 0.15) is 13.8 Å². The van der Waals surface area contributed by atoms with Crippen molar-refractivity contribution in [2.45, 2.75) is 23.3 Å². The number of aliphatic hydroxyl groups is 1. The van der Waals surface area contributed by atoms with Crippen LogP contribution >= 0.6 is 30.8 Å². The van der Waals surface area contributed by atoms with E-state index in [4.69, 9.17) is 37.4 Å². The molecule has 0 amide bonds. The van der Waals surface area contributed by atoms with Crippen LogP contribution in [0.15, 0.2) is 0 Å². The van der Waals surface area contributed by atoms with Crippen LogP contribution in [0, 0.1) is 5.92 Å². The van der Waals surface area contributed by atoms with Crippen LogP contribution in [0.3, 0.4) is 0 Å². The van der Waals surface area contributed by atoms with Gasteiger partial charge in [-0.3, -0.25) is 9.09 Å². The number of hydrogen-bond acceptors (Lipinski definition) is 4. The lowest BCUT2D eigenvalue weighted by Gasteiger charge is -2.22. The summed E-state index contributed by atoms with van der Waals surface area (Å²) in [5, 5.41) is 7.66. The molecule has 0 saturated heterocycles. The maximum absolute atomic E-state index is 12.1. The molecule has 0 aromatic heterocycles. The molecular formula is C7H13Cl2O4P. The highest BCUT2D eigenvalue weighted by Gasteiger charge is 2.80. The van der Waals surface area contributed by atoms with Crippen LogP contribution < -0.4 is 0 Å². The Balaban J connectivity index is 2.99. The van der Waals surface area contributed by atoms with Gasteiger partial charge in [0.2, 0.25) is 0 Å². The molecule has 4 nitrogen and oxygen atoms in total. The lowest BCUT2D eigenvalue weighted by molar-refractivity contribution is 0.0777. The Morgan fingerprint density at radius 2 is 2.00 bits per heavy atom. The summed E-state index contributed by atoms with van der Waals surface area (Å²) in [6, 6.07) is 0. The van der Waals surface area contributed by atoms with Gasteiger partial charge in [0.05, 0.1) is 0 Å². The molecule has 7 heteroatoms. The first kappa shape index (κ1) is 12.8. The highest BCUT2D eigenvalue weighted by molar-refractivity contribution is 7.56. The summed E-state index contributed by atoms with van der Waals surface area (Å²) in [4.78, 5) is 0. The zero-order chi connectivity index (χ0) is 11.2. The standard InChI is InChI=1S/C7H13Cl2O4P/c1-5-6(2,7(5,8)9)14(11,12-3)13-4-10/h5,10H,4H2,1-3H3. The van der Waals surface area contributed by atoms with Crippen molar-refractivity contribution < 1.29 is 18.7 Å². The Labute approximate surface area is 93.0 Å². The molecule has 0 aromatic rings. The van der Waals surface area contributed by atoms with Crippen LogP contribution in [0.4, 0.5) is 0 Å². The largest absolute Gasteiger partial charge is 0.370 e. The van der Waals surface area contributed by atoms with Gasteiger partial charge in [-0.2, -0.15) is 0 Å². The first-order valence-corrected chi connectivity index (χ1v) is 6.37. The van der Waals surface area contributed by atoms with Gasteiger partial charge in [0.15, 0.2) is 6.79 Å². The second-order valence-electron chi connectivity index (χ2n) is 3.43. The number of alkyl halides is 2. The Kier molecular flexibility index (Phi) is 3.30. The molecule has 84 valence electrons. The minimum absolute atomic E-state index is 0.212. The van der Waals surface area contributed by atoms with E-state index in [9.17, 15) is 4.57 Å². The molecule has 14 heavy (non-hydrogen) atoms. The maximum Gasteiger partial charge on any atom is 0.341 e. The van der Waals surface area contributed by atoms with Gasteiger partial charge >= 0.3 is 7.60 Å². The van der Waals surface area contributed by atoms with E-state index in [-0.39, 0.29) is 5.92 Å². The predicted molar refractivity (Wildman–Crippen MR) is 54.8 cm³/mol. The summed E-state index contributed by atoms with van der Waals surface area (Å²) in [5.74, 6) is -0.212. The Bertz CT molecular complexity index is 283. The number of rotatable bonds is 4. The van der Waals surface area contributed by atoms with E-state index in [1.54, 1.807) is 13.8 Å². The molecule has 3 unspecified atom stereocenters. The minimum Gasteiger partial charge on any atom is -0.370 e. The summed E-state index contributed by atoms with van der Waals surface area (Å²) >= 11 is 11.9. The van der Waals surface area contributed by atoms with Gasteiger partial charge in [-0.1, -0.05) is 30.1 Å². The lowest BCUT2D eigenvalue weighted by Crippen LogP contribution is -2.17. The third-order valence-corrected chi connectivity index (χ3v) is 7.53. The summed E-state index contributed by atoms with van der Waals surface area (Å²) in [6.07, 6.45) is 0. The maximum atomic E-state index is 12.1. The number of hydrogen-bond donors (Lipinski definition) is 1. The van der Waals surface area contributed by atoms with Gasteiger partial charge < -0.3 is 9.63 Å². The summed E-state index contributed by atoms with van der Waals surface area (Å²) in [7, 11) is -2.22. The highest BCUT2D eigenvalue weighted by Crippen LogP contribution is 2.81. The van der Waals surface area contributed by atoms with Crippen molar-refractivity contribution in [1.82, 2.24) is 0 Å². The van der Waals surface area contributed by atoms with Crippen molar-refractivity contribution in [1.29, 1.82) is 0 Å². The Morgan fingerprint density at radius 1 is 1.57 bits per heavy atom. The van der Waals surface area contributed by atoms with Crippen LogP contribution in [-0.4, -0.2) is 28.5 Å².